The van der Waals surface area contributed by atoms with E-state index in [9.17, 15) is 27.9 Å². The fourth-order valence-electron chi connectivity index (χ4n) is 3.00. The Kier molecular flexibility index (Phi) is 7.91. The predicted octanol–water partition coefficient (Wildman–Crippen LogP) is 3.00. The first-order chi connectivity index (χ1) is 15.4. The van der Waals surface area contributed by atoms with Crippen molar-refractivity contribution in [1.82, 2.24) is 5.32 Å². The third-order valence-electron chi connectivity index (χ3n) is 4.91. The molecule has 0 aliphatic carbocycles. The van der Waals surface area contributed by atoms with Gasteiger partial charge in [0.05, 0.1) is 6.54 Å². The number of anilines is 1. The van der Waals surface area contributed by atoms with Crippen LogP contribution < -0.4 is 21.1 Å². The van der Waals surface area contributed by atoms with E-state index in [2.05, 4.69) is 5.32 Å². The first kappa shape index (κ1) is 25.5. The highest BCUT2D eigenvalue weighted by atomic mass is 19.4. The van der Waals surface area contributed by atoms with Gasteiger partial charge in [0.25, 0.3) is 0 Å². The SMILES string of the molecule is CCc1ccc(OCCNC(=O)C(F)(F)F)c(C(C)(Nc2ccc(C(=N)N)cc2)C(=O)O)c1. The predicted molar refractivity (Wildman–Crippen MR) is 116 cm³/mol. The molecule has 0 radical (unpaired) electrons. The highest BCUT2D eigenvalue weighted by Gasteiger charge is 2.39. The van der Waals surface area contributed by atoms with E-state index < -0.39 is 30.1 Å². The van der Waals surface area contributed by atoms with Crippen LogP contribution in [0.1, 0.15) is 30.5 Å². The Morgan fingerprint density at radius 3 is 2.30 bits per heavy atom. The number of rotatable bonds is 10. The second kappa shape index (κ2) is 10.2. The number of carbonyl (C=O) groups is 2. The summed E-state index contributed by atoms with van der Waals surface area (Å²) in [7, 11) is 0. The summed E-state index contributed by atoms with van der Waals surface area (Å²) in [5.41, 5.74) is 5.76. The highest BCUT2D eigenvalue weighted by molar-refractivity contribution is 5.95. The number of carboxylic acids is 1. The summed E-state index contributed by atoms with van der Waals surface area (Å²) in [6.45, 7) is 2.60. The molecule has 1 atom stereocenters. The van der Waals surface area contributed by atoms with E-state index in [0.29, 0.717) is 17.7 Å². The fraction of sp³-hybridized carbons (Fsp3) is 0.318. The van der Waals surface area contributed by atoms with Crippen LogP contribution in [0.4, 0.5) is 18.9 Å². The molecule has 2 rings (SSSR count). The Balaban J connectivity index is 2.31. The van der Waals surface area contributed by atoms with Crippen molar-refractivity contribution in [3.63, 3.8) is 0 Å². The van der Waals surface area contributed by atoms with E-state index in [-0.39, 0.29) is 23.8 Å². The van der Waals surface area contributed by atoms with Crippen LogP contribution in [0.5, 0.6) is 5.75 Å². The first-order valence-corrected chi connectivity index (χ1v) is 9.95. The van der Waals surface area contributed by atoms with Gasteiger partial charge in [0.2, 0.25) is 0 Å². The van der Waals surface area contributed by atoms with Gasteiger partial charge in [-0.1, -0.05) is 13.0 Å². The van der Waals surface area contributed by atoms with Crippen molar-refractivity contribution in [3.8, 4) is 5.75 Å². The average molecular weight is 466 g/mol. The van der Waals surface area contributed by atoms with Gasteiger partial charge in [-0.3, -0.25) is 10.2 Å². The molecule has 0 fully saturated rings. The number of halogens is 3. The zero-order valence-electron chi connectivity index (χ0n) is 18.0. The molecule has 8 nitrogen and oxygen atoms in total. The van der Waals surface area contributed by atoms with Crippen LogP contribution in [-0.2, 0) is 21.5 Å². The molecule has 0 saturated carbocycles. The smallest absolute Gasteiger partial charge is 0.471 e. The van der Waals surface area contributed by atoms with Crippen LogP contribution in [0.2, 0.25) is 0 Å². The number of benzene rings is 2. The Morgan fingerprint density at radius 2 is 1.79 bits per heavy atom. The van der Waals surface area contributed by atoms with Crippen molar-refractivity contribution >= 4 is 23.4 Å². The van der Waals surface area contributed by atoms with Crippen molar-refractivity contribution in [3.05, 3.63) is 59.2 Å². The Hall–Kier alpha value is -3.76. The van der Waals surface area contributed by atoms with Crippen molar-refractivity contribution in [2.45, 2.75) is 32.0 Å². The summed E-state index contributed by atoms with van der Waals surface area (Å²) in [5.74, 6) is -3.29. The molecule has 6 N–H and O–H groups in total. The number of carboxylic acid groups (broad SMARTS) is 1. The molecule has 0 bridgehead atoms. The molecule has 0 saturated heterocycles. The monoisotopic (exact) mass is 466 g/mol. The van der Waals surface area contributed by atoms with Gasteiger partial charge in [-0.05, 0) is 55.3 Å². The zero-order valence-corrected chi connectivity index (χ0v) is 18.0. The average Bonchev–Trinajstić information content (AvgIpc) is 2.76. The Bertz CT molecular complexity index is 1030. The molecule has 0 aliphatic rings. The van der Waals surface area contributed by atoms with Crippen LogP contribution in [0, 0.1) is 5.41 Å². The largest absolute Gasteiger partial charge is 0.491 e. The topological polar surface area (TPSA) is 138 Å². The highest BCUT2D eigenvalue weighted by Crippen LogP contribution is 2.35. The minimum Gasteiger partial charge on any atom is -0.491 e. The number of hydrogen-bond donors (Lipinski definition) is 5. The lowest BCUT2D eigenvalue weighted by molar-refractivity contribution is -0.173. The molecule has 0 spiro atoms. The van der Waals surface area contributed by atoms with Gasteiger partial charge in [-0.25, -0.2) is 4.79 Å². The first-order valence-electron chi connectivity index (χ1n) is 9.95. The number of aryl methyl sites for hydroxylation is 1. The van der Waals surface area contributed by atoms with Crippen LogP contribution >= 0.6 is 0 Å². The summed E-state index contributed by atoms with van der Waals surface area (Å²) in [6.07, 6.45) is -4.39. The lowest BCUT2D eigenvalue weighted by Gasteiger charge is -2.30. The van der Waals surface area contributed by atoms with E-state index >= 15 is 0 Å². The Labute approximate surface area is 188 Å². The molecule has 0 heterocycles. The van der Waals surface area contributed by atoms with Crippen molar-refractivity contribution in [2.75, 3.05) is 18.5 Å². The summed E-state index contributed by atoms with van der Waals surface area (Å²) < 4.78 is 42.5. The number of aliphatic carboxylic acids is 1. The Morgan fingerprint density at radius 1 is 1.15 bits per heavy atom. The van der Waals surface area contributed by atoms with Gasteiger partial charge in [0, 0.05) is 16.8 Å². The number of nitrogen functional groups attached to an aromatic ring is 1. The maximum Gasteiger partial charge on any atom is 0.471 e. The van der Waals surface area contributed by atoms with E-state index in [4.69, 9.17) is 15.9 Å². The molecule has 1 unspecified atom stereocenters. The second-order valence-electron chi connectivity index (χ2n) is 7.33. The van der Waals surface area contributed by atoms with Gasteiger partial charge in [-0.2, -0.15) is 13.2 Å². The lowest BCUT2D eigenvalue weighted by atomic mass is 9.89. The van der Waals surface area contributed by atoms with Gasteiger partial charge in [-0.15, -0.1) is 0 Å². The molecule has 2 aromatic carbocycles. The summed E-state index contributed by atoms with van der Waals surface area (Å²) in [4.78, 5) is 23.3. The fourth-order valence-corrected chi connectivity index (χ4v) is 3.00. The molecule has 33 heavy (non-hydrogen) atoms. The van der Waals surface area contributed by atoms with Gasteiger partial charge in [0.15, 0.2) is 5.54 Å². The lowest BCUT2D eigenvalue weighted by Crippen LogP contribution is -2.41. The number of carbonyl (C=O) groups excluding carboxylic acids is 1. The van der Waals surface area contributed by atoms with Crippen molar-refractivity contribution in [2.24, 2.45) is 5.73 Å². The van der Waals surface area contributed by atoms with Crippen LogP contribution in [0.3, 0.4) is 0 Å². The molecular weight excluding hydrogens is 441 g/mol. The maximum absolute atomic E-state index is 12.3. The molecule has 0 aliphatic heterocycles. The molecular formula is C22H25F3N4O4. The van der Waals surface area contributed by atoms with Gasteiger partial charge in [0.1, 0.15) is 18.2 Å². The minimum absolute atomic E-state index is 0.133. The summed E-state index contributed by atoms with van der Waals surface area (Å²) >= 11 is 0. The van der Waals surface area contributed by atoms with Crippen molar-refractivity contribution < 1.29 is 32.6 Å². The molecule has 2 aromatic rings. The van der Waals surface area contributed by atoms with E-state index in [1.165, 1.54) is 6.92 Å². The maximum atomic E-state index is 12.3. The van der Waals surface area contributed by atoms with E-state index in [0.717, 1.165) is 5.56 Å². The molecule has 1 amide bonds. The normalized spacial score (nSPS) is 13.0. The molecule has 178 valence electrons. The van der Waals surface area contributed by atoms with Crippen LogP contribution in [-0.4, -0.2) is 42.1 Å². The molecule has 11 heteroatoms. The van der Waals surface area contributed by atoms with Gasteiger partial charge >= 0.3 is 18.1 Å². The van der Waals surface area contributed by atoms with Crippen LogP contribution in [0.25, 0.3) is 0 Å². The third kappa shape index (κ3) is 6.37. The van der Waals surface area contributed by atoms with E-state index in [1.807, 2.05) is 6.92 Å². The number of nitrogens with two attached hydrogens (primary N) is 1. The summed E-state index contributed by atoms with van der Waals surface area (Å²) in [6, 6.07) is 11.2. The van der Waals surface area contributed by atoms with Crippen molar-refractivity contribution in [1.29, 1.82) is 5.41 Å². The molecule has 0 aromatic heterocycles. The zero-order chi connectivity index (χ0) is 24.8. The number of nitrogens with one attached hydrogen (secondary N) is 3. The van der Waals surface area contributed by atoms with E-state index in [1.54, 1.807) is 47.8 Å². The van der Waals surface area contributed by atoms with Gasteiger partial charge < -0.3 is 26.2 Å². The number of amidine groups is 1. The third-order valence-corrected chi connectivity index (χ3v) is 4.91. The van der Waals surface area contributed by atoms with Crippen LogP contribution in [0.15, 0.2) is 42.5 Å². The minimum atomic E-state index is -5.00. The quantitative estimate of drug-likeness (QED) is 0.207. The number of hydrogen-bond acceptors (Lipinski definition) is 5. The second-order valence-corrected chi connectivity index (χ2v) is 7.33. The standard InChI is InChI=1S/C22H25F3N4O4/c1-3-13-4-9-17(33-11-10-28-19(30)22(23,24)25)16(12-13)21(2,20(31)32)29-15-7-5-14(6-8-15)18(26)27/h4-9,12,29H,3,10-11H2,1-2H3,(H3,26,27)(H,28,30)(H,31,32). The summed E-state index contributed by atoms with van der Waals surface area (Å²) in [5, 5.41) is 22.2. The number of alkyl halides is 3. The number of amides is 1. The number of ether oxygens (including phenoxy) is 1.